The van der Waals surface area contributed by atoms with Crippen LogP contribution in [0.3, 0.4) is 0 Å². The molecule has 0 fully saturated rings. The van der Waals surface area contributed by atoms with Crippen molar-refractivity contribution in [3.8, 4) is 0 Å². The van der Waals surface area contributed by atoms with E-state index in [2.05, 4.69) is 4.90 Å². The van der Waals surface area contributed by atoms with Crippen LogP contribution < -0.4 is 0 Å². The van der Waals surface area contributed by atoms with Crippen LogP contribution in [0.5, 0.6) is 0 Å². The normalized spacial score (nSPS) is 11.0. The third-order valence-electron chi connectivity index (χ3n) is 1.92. The molecule has 0 rings (SSSR count). The molecule has 12 heavy (non-hydrogen) atoms. The molecular weight excluding hydrogens is 154 g/mol. The van der Waals surface area contributed by atoms with Crippen LogP contribution in [0.1, 0.15) is 25.7 Å². The molecule has 0 aromatic rings. The minimum atomic E-state index is 0.0620. The second kappa shape index (κ2) is 8.97. The number of nitrogens with zero attached hydrogens (tertiary/aromatic N) is 1. The summed E-state index contributed by atoms with van der Waals surface area (Å²) in [6.45, 7) is 2.07. The predicted octanol–water partition coefficient (Wildman–Crippen LogP) is 0.901. The summed E-state index contributed by atoms with van der Waals surface area (Å²) < 4.78 is 0. The lowest BCUT2D eigenvalue weighted by Gasteiger charge is -2.14. The van der Waals surface area contributed by atoms with Gasteiger partial charge in [-0.3, -0.25) is 0 Å². The number of hydrogen-bond donors (Lipinski definition) is 1. The van der Waals surface area contributed by atoms with Crippen LogP contribution in [0.25, 0.3) is 0 Å². The Balaban J connectivity index is 2.97. The van der Waals surface area contributed by atoms with Crippen molar-refractivity contribution in [1.82, 2.24) is 4.90 Å². The lowest BCUT2D eigenvalue weighted by Crippen LogP contribution is -2.23. The van der Waals surface area contributed by atoms with Crippen LogP contribution in [0, 0.1) is 0 Å². The van der Waals surface area contributed by atoms with Gasteiger partial charge < -0.3 is 10.0 Å². The first kappa shape index (κ1) is 11.9. The summed E-state index contributed by atoms with van der Waals surface area (Å²) in [6.07, 6.45) is 4.13. The SMILES string of the molecule is CN(CCO)CCCCCC[O]. The first-order valence-electron chi connectivity index (χ1n) is 4.68. The van der Waals surface area contributed by atoms with Crippen molar-refractivity contribution < 1.29 is 10.2 Å². The van der Waals surface area contributed by atoms with Crippen molar-refractivity contribution in [2.75, 3.05) is 33.4 Å². The fourth-order valence-electron chi connectivity index (χ4n) is 1.12. The zero-order valence-electron chi connectivity index (χ0n) is 7.96. The smallest absolute Gasteiger partial charge is 0.0822 e. The molecule has 3 nitrogen and oxygen atoms in total. The molecule has 0 amide bonds. The molecule has 0 bridgehead atoms. The Morgan fingerprint density at radius 2 is 1.75 bits per heavy atom. The third kappa shape index (κ3) is 7.98. The standard InChI is InChI=1S/C9H20NO2/c1-10(7-9-12)6-4-2-3-5-8-11/h12H,2-9H2,1H3. The van der Waals surface area contributed by atoms with Gasteiger partial charge in [0.1, 0.15) is 0 Å². The van der Waals surface area contributed by atoms with Crippen LogP contribution in [0.4, 0.5) is 0 Å². The molecule has 3 heteroatoms. The topological polar surface area (TPSA) is 43.4 Å². The highest BCUT2D eigenvalue weighted by Gasteiger charge is 1.95. The Morgan fingerprint density at radius 1 is 1.08 bits per heavy atom. The molecule has 0 aromatic heterocycles. The highest BCUT2D eigenvalue weighted by atomic mass is 16.3. The van der Waals surface area contributed by atoms with Gasteiger partial charge in [0.2, 0.25) is 0 Å². The molecule has 0 saturated heterocycles. The van der Waals surface area contributed by atoms with Gasteiger partial charge in [0.15, 0.2) is 0 Å². The molecule has 0 saturated carbocycles. The van der Waals surface area contributed by atoms with E-state index in [1.807, 2.05) is 7.05 Å². The van der Waals surface area contributed by atoms with Gasteiger partial charge in [-0.2, -0.15) is 0 Å². The molecule has 1 radical (unpaired) electrons. The maximum absolute atomic E-state index is 10.1. The lowest BCUT2D eigenvalue weighted by atomic mass is 10.2. The van der Waals surface area contributed by atoms with E-state index in [0.717, 1.165) is 38.8 Å². The van der Waals surface area contributed by atoms with Crippen molar-refractivity contribution in [1.29, 1.82) is 0 Å². The van der Waals surface area contributed by atoms with Gasteiger partial charge in [0, 0.05) is 6.54 Å². The van der Waals surface area contributed by atoms with Gasteiger partial charge in [-0.1, -0.05) is 12.8 Å². The number of aliphatic hydroxyl groups is 1. The van der Waals surface area contributed by atoms with Crippen LogP contribution in [-0.2, 0) is 5.11 Å². The molecule has 0 aromatic carbocycles. The lowest BCUT2D eigenvalue weighted by molar-refractivity contribution is 0.184. The molecule has 0 aliphatic heterocycles. The second-order valence-corrected chi connectivity index (χ2v) is 3.15. The van der Waals surface area contributed by atoms with Crippen molar-refractivity contribution in [3.05, 3.63) is 0 Å². The Hall–Kier alpha value is -0.120. The van der Waals surface area contributed by atoms with Gasteiger partial charge in [-0.15, -0.1) is 0 Å². The van der Waals surface area contributed by atoms with E-state index in [4.69, 9.17) is 5.11 Å². The molecule has 0 aliphatic rings. The fraction of sp³-hybridized carbons (Fsp3) is 1.00. The van der Waals surface area contributed by atoms with E-state index in [1.165, 1.54) is 0 Å². The van der Waals surface area contributed by atoms with Crippen molar-refractivity contribution in [2.24, 2.45) is 0 Å². The summed E-state index contributed by atoms with van der Waals surface area (Å²) in [4.78, 5) is 2.11. The van der Waals surface area contributed by atoms with Gasteiger partial charge in [-0.25, -0.2) is 5.11 Å². The van der Waals surface area contributed by atoms with Gasteiger partial charge >= 0.3 is 0 Å². The Morgan fingerprint density at radius 3 is 2.33 bits per heavy atom. The molecule has 0 unspecified atom stereocenters. The zero-order chi connectivity index (χ0) is 9.23. The summed E-state index contributed by atoms with van der Waals surface area (Å²) in [5, 5.41) is 18.7. The molecule has 0 atom stereocenters. The van der Waals surface area contributed by atoms with Crippen LogP contribution in [0.2, 0.25) is 0 Å². The largest absolute Gasteiger partial charge is 0.395 e. The zero-order valence-corrected chi connectivity index (χ0v) is 7.96. The van der Waals surface area contributed by atoms with E-state index in [-0.39, 0.29) is 13.2 Å². The summed E-state index contributed by atoms with van der Waals surface area (Å²) >= 11 is 0. The van der Waals surface area contributed by atoms with Crippen LogP contribution in [-0.4, -0.2) is 43.4 Å². The van der Waals surface area contributed by atoms with Gasteiger partial charge in [0.05, 0.1) is 13.2 Å². The molecular formula is C9H20NO2. The van der Waals surface area contributed by atoms with Crippen LogP contribution in [0.15, 0.2) is 0 Å². The molecule has 0 spiro atoms. The minimum Gasteiger partial charge on any atom is -0.395 e. The molecule has 0 heterocycles. The van der Waals surface area contributed by atoms with E-state index < -0.39 is 0 Å². The Kier molecular flexibility index (Phi) is 8.88. The summed E-state index contributed by atoms with van der Waals surface area (Å²) in [5.74, 6) is 0. The minimum absolute atomic E-state index is 0.0620. The van der Waals surface area contributed by atoms with Crippen molar-refractivity contribution in [3.63, 3.8) is 0 Å². The van der Waals surface area contributed by atoms with Gasteiger partial charge in [0.25, 0.3) is 0 Å². The van der Waals surface area contributed by atoms with Crippen molar-refractivity contribution >= 4 is 0 Å². The summed E-state index contributed by atoms with van der Waals surface area (Å²) in [6, 6.07) is 0. The molecule has 1 N–H and O–H groups in total. The third-order valence-corrected chi connectivity index (χ3v) is 1.92. The Labute approximate surface area is 75.0 Å². The number of likely N-dealkylation sites (N-methyl/N-ethyl adjacent to an activating group) is 1. The van der Waals surface area contributed by atoms with Crippen LogP contribution >= 0.6 is 0 Å². The second-order valence-electron chi connectivity index (χ2n) is 3.15. The number of hydrogen-bond acceptors (Lipinski definition) is 2. The molecule has 73 valence electrons. The first-order valence-corrected chi connectivity index (χ1v) is 4.68. The summed E-state index contributed by atoms with van der Waals surface area (Å²) in [5.41, 5.74) is 0. The van der Waals surface area contributed by atoms with E-state index >= 15 is 0 Å². The maximum atomic E-state index is 10.1. The van der Waals surface area contributed by atoms with E-state index in [9.17, 15) is 5.11 Å². The highest BCUT2D eigenvalue weighted by molar-refractivity contribution is 4.50. The Bertz CT molecular complexity index is 88.6. The first-order chi connectivity index (χ1) is 5.81. The monoisotopic (exact) mass is 174 g/mol. The van der Waals surface area contributed by atoms with Crippen molar-refractivity contribution in [2.45, 2.75) is 25.7 Å². The number of unbranched alkanes of at least 4 members (excludes halogenated alkanes) is 3. The fourth-order valence-corrected chi connectivity index (χ4v) is 1.12. The van der Waals surface area contributed by atoms with E-state index in [0.29, 0.717) is 0 Å². The van der Waals surface area contributed by atoms with E-state index in [1.54, 1.807) is 0 Å². The quantitative estimate of drug-likeness (QED) is 0.556. The van der Waals surface area contributed by atoms with Gasteiger partial charge in [-0.05, 0) is 26.4 Å². The summed E-state index contributed by atoms with van der Waals surface area (Å²) in [7, 11) is 2.00. The molecule has 0 aliphatic carbocycles. The maximum Gasteiger partial charge on any atom is 0.0822 e. The number of rotatable bonds is 8. The number of aliphatic hydroxyl groups excluding tert-OH is 1. The average molecular weight is 174 g/mol. The predicted molar refractivity (Wildman–Crippen MR) is 48.6 cm³/mol. The average Bonchev–Trinajstić information content (AvgIpc) is 2.05. The highest BCUT2D eigenvalue weighted by Crippen LogP contribution is 1.99.